The van der Waals surface area contributed by atoms with Gasteiger partial charge >= 0.3 is 5.97 Å². The normalized spacial score (nSPS) is 15.7. The van der Waals surface area contributed by atoms with Crippen molar-refractivity contribution in [2.45, 2.75) is 51.7 Å². The fourth-order valence-electron chi connectivity index (χ4n) is 3.50. The summed E-state index contributed by atoms with van der Waals surface area (Å²) < 4.78 is 10.6. The molecule has 2 aromatic rings. The molecule has 0 fully saturated rings. The average Bonchev–Trinajstić information content (AvgIpc) is 3.38. The maximum Gasteiger partial charge on any atom is 0.348 e. The first-order chi connectivity index (χ1) is 14.6. The van der Waals surface area contributed by atoms with Crippen LogP contribution >= 0.6 is 11.3 Å². The van der Waals surface area contributed by atoms with E-state index in [9.17, 15) is 9.59 Å². The van der Waals surface area contributed by atoms with Crippen LogP contribution in [0.1, 0.15) is 52.7 Å². The van der Waals surface area contributed by atoms with Gasteiger partial charge in [0.2, 0.25) is 0 Å². The number of hydrogen-bond acceptors (Lipinski definition) is 5. The van der Waals surface area contributed by atoms with Crippen molar-refractivity contribution in [1.29, 1.82) is 0 Å². The fourth-order valence-corrected chi connectivity index (χ4v) is 4.36. The lowest BCUT2D eigenvalue weighted by Crippen LogP contribution is -2.36. The van der Waals surface area contributed by atoms with Crippen molar-refractivity contribution in [3.8, 4) is 0 Å². The molecule has 160 valence electrons. The second-order valence-electron chi connectivity index (χ2n) is 7.38. The van der Waals surface area contributed by atoms with Crippen LogP contribution in [-0.4, -0.2) is 31.6 Å². The number of hydrogen-bond donors (Lipinski definition) is 0. The van der Waals surface area contributed by atoms with Crippen LogP contribution in [0.25, 0.3) is 0 Å². The minimum Gasteiger partial charge on any atom is -0.465 e. The van der Waals surface area contributed by atoms with E-state index in [0.29, 0.717) is 18.1 Å². The number of methoxy groups -OCH3 is 1. The lowest BCUT2D eigenvalue weighted by molar-refractivity contribution is -0.114. The Kier molecular flexibility index (Phi) is 8.22. The van der Waals surface area contributed by atoms with E-state index in [-0.39, 0.29) is 17.9 Å². The molecule has 0 unspecified atom stereocenters. The molecular formula is C24H29NO4S. The molecule has 1 aromatic heterocycles. The monoisotopic (exact) mass is 427 g/mol. The Morgan fingerprint density at radius 2 is 1.90 bits per heavy atom. The van der Waals surface area contributed by atoms with Crippen LogP contribution < -0.4 is 4.90 Å². The molecule has 0 saturated carbocycles. The quantitative estimate of drug-likeness (QED) is 0.368. The summed E-state index contributed by atoms with van der Waals surface area (Å²) in [4.78, 5) is 27.2. The molecule has 1 aliphatic rings. The Balaban J connectivity index is 1.53. The second kappa shape index (κ2) is 11.1. The van der Waals surface area contributed by atoms with Crippen LogP contribution in [0.3, 0.4) is 0 Å². The third-order valence-corrected chi connectivity index (χ3v) is 6.18. The lowest BCUT2D eigenvalue weighted by atomic mass is 10.1. The molecule has 0 spiro atoms. The molecule has 3 rings (SSSR count). The fraction of sp³-hybridized carbons (Fsp3) is 0.417. The van der Waals surface area contributed by atoms with Crippen LogP contribution in [0.4, 0.5) is 5.69 Å². The number of rotatable bonds is 11. The smallest absolute Gasteiger partial charge is 0.348 e. The van der Waals surface area contributed by atoms with Gasteiger partial charge in [-0.25, -0.2) is 4.79 Å². The van der Waals surface area contributed by atoms with E-state index >= 15 is 0 Å². The SMILES string of the molecule is CCCCCCc1ccc(N2C(=O)C=C[C@@H]2COCc2ccc(C(=O)OC)s2)cc1. The van der Waals surface area contributed by atoms with Crippen molar-refractivity contribution in [2.24, 2.45) is 0 Å². The molecule has 2 heterocycles. The third-order valence-electron chi connectivity index (χ3n) is 5.14. The number of amides is 1. The summed E-state index contributed by atoms with van der Waals surface area (Å²) in [6.45, 7) is 3.01. The number of aryl methyl sites for hydroxylation is 1. The van der Waals surface area contributed by atoms with Gasteiger partial charge in [-0.1, -0.05) is 44.4 Å². The van der Waals surface area contributed by atoms with Gasteiger partial charge in [0.1, 0.15) is 4.88 Å². The van der Waals surface area contributed by atoms with Crippen LogP contribution in [0, 0.1) is 0 Å². The van der Waals surface area contributed by atoms with Crippen LogP contribution in [0.15, 0.2) is 48.6 Å². The van der Waals surface area contributed by atoms with Gasteiger partial charge in [0.25, 0.3) is 5.91 Å². The van der Waals surface area contributed by atoms with E-state index in [4.69, 9.17) is 9.47 Å². The van der Waals surface area contributed by atoms with Gasteiger partial charge in [-0.2, -0.15) is 0 Å². The highest BCUT2D eigenvalue weighted by Gasteiger charge is 2.27. The number of thiophene rings is 1. The van der Waals surface area contributed by atoms with Gasteiger partial charge in [-0.15, -0.1) is 11.3 Å². The number of nitrogens with zero attached hydrogens (tertiary/aromatic N) is 1. The lowest BCUT2D eigenvalue weighted by Gasteiger charge is -2.25. The van der Waals surface area contributed by atoms with Gasteiger partial charge < -0.3 is 9.47 Å². The minimum atomic E-state index is -0.337. The molecular weight excluding hydrogens is 398 g/mol. The third kappa shape index (κ3) is 5.80. The van der Waals surface area contributed by atoms with E-state index in [0.717, 1.165) is 17.0 Å². The largest absolute Gasteiger partial charge is 0.465 e. The zero-order valence-corrected chi connectivity index (χ0v) is 18.5. The van der Waals surface area contributed by atoms with Crippen molar-refractivity contribution in [3.05, 3.63) is 63.9 Å². The van der Waals surface area contributed by atoms with Crippen molar-refractivity contribution in [2.75, 3.05) is 18.6 Å². The summed E-state index contributed by atoms with van der Waals surface area (Å²) in [5, 5.41) is 0. The zero-order chi connectivity index (χ0) is 21.3. The Bertz CT molecular complexity index is 872. The summed E-state index contributed by atoms with van der Waals surface area (Å²) in [5.41, 5.74) is 2.20. The number of anilines is 1. The number of carbonyl (C=O) groups excluding carboxylic acids is 2. The van der Waals surface area contributed by atoms with E-state index in [2.05, 4.69) is 19.1 Å². The molecule has 1 amide bonds. The molecule has 1 atom stereocenters. The molecule has 0 radical (unpaired) electrons. The van der Waals surface area contributed by atoms with Crippen LogP contribution in [-0.2, 0) is 27.3 Å². The minimum absolute atomic E-state index is 0.0246. The number of ether oxygens (including phenoxy) is 2. The van der Waals surface area contributed by atoms with E-state index in [1.165, 1.54) is 49.7 Å². The molecule has 0 saturated heterocycles. The summed E-state index contributed by atoms with van der Waals surface area (Å²) in [5.74, 6) is -0.362. The van der Waals surface area contributed by atoms with Gasteiger partial charge in [0, 0.05) is 16.6 Å². The number of carbonyl (C=O) groups is 2. The Morgan fingerprint density at radius 3 is 2.63 bits per heavy atom. The molecule has 0 aliphatic carbocycles. The summed E-state index contributed by atoms with van der Waals surface area (Å²) in [6.07, 6.45) is 9.55. The van der Waals surface area contributed by atoms with Gasteiger partial charge in [-0.3, -0.25) is 9.69 Å². The first-order valence-corrected chi connectivity index (χ1v) is 11.3. The summed E-state index contributed by atoms with van der Waals surface area (Å²) in [6, 6.07) is 11.8. The molecule has 0 N–H and O–H groups in total. The topological polar surface area (TPSA) is 55.8 Å². The highest BCUT2D eigenvalue weighted by Crippen LogP contribution is 2.25. The van der Waals surface area contributed by atoms with Crippen molar-refractivity contribution in [1.82, 2.24) is 0 Å². The van der Waals surface area contributed by atoms with E-state index in [1.54, 1.807) is 17.0 Å². The number of esters is 1. The van der Waals surface area contributed by atoms with Gasteiger partial charge in [-0.05, 0) is 42.7 Å². The molecule has 30 heavy (non-hydrogen) atoms. The van der Waals surface area contributed by atoms with Gasteiger partial charge in [0.05, 0.1) is 26.4 Å². The highest BCUT2D eigenvalue weighted by atomic mass is 32.1. The van der Waals surface area contributed by atoms with Crippen LogP contribution in [0.2, 0.25) is 0 Å². The Labute approximate surface area is 182 Å². The first kappa shape index (κ1) is 22.2. The average molecular weight is 428 g/mol. The van der Waals surface area contributed by atoms with Crippen molar-refractivity contribution >= 4 is 28.9 Å². The summed E-state index contributed by atoms with van der Waals surface area (Å²) >= 11 is 1.36. The predicted molar refractivity (Wildman–Crippen MR) is 120 cm³/mol. The molecule has 0 bridgehead atoms. The maximum absolute atomic E-state index is 12.4. The number of benzene rings is 1. The van der Waals surface area contributed by atoms with Crippen molar-refractivity contribution in [3.63, 3.8) is 0 Å². The molecule has 5 nitrogen and oxygen atoms in total. The maximum atomic E-state index is 12.4. The van der Waals surface area contributed by atoms with Gasteiger partial charge in [0.15, 0.2) is 0 Å². The predicted octanol–water partition coefficient (Wildman–Crippen LogP) is 5.15. The van der Waals surface area contributed by atoms with E-state index in [1.807, 2.05) is 24.3 Å². The Morgan fingerprint density at radius 1 is 1.10 bits per heavy atom. The standard InChI is InChI=1S/C24H29NO4S/c1-3-4-5-6-7-18-8-10-19(11-9-18)25-20(12-15-23(25)26)16-29-17-21-13-14-22(30-21)24(27)28-2/h8-15,20H,3-7,16-17H2,1-2H3/t20-/m1/s1. The second-order valence-corrected chi connectivity index (χ2v) is 8.55. The Hall–Kier alpha value is -2.44. The van der Waals surface area contributed by atoms with E-state index < -0.39 is 0 Å². The summed E-state index contributed by atoms with van der Waals surface area (Å²) in [7, 11) is 1.37. The zero-order valence-electron chi connectivity index (χ0n) is 17.6. The van der Waals surface area contributed by atoms with Crippen LogP contribution in [0.5, 0.6) is 0 Å². The molecule has 6 heteroatoms. The highest BCUT2D eigenvalue weighted by molar-refractivity contribution is 7.13. The number of unbranched alkanes of at least 4 members (excludes halogenated alkanes) is 3. The first-order valence-electron chi connectivity index (χ1n) is 10.5. The molecule has 1 aromatic carbocycles. The molecule has 1 aliphatic heterocycles. The van der Waals surface area contributed by atoms with Crippen molar-refractivity contribution < 1.29 is 19.1 Å².